The number of carboxylic acids is 1. The molecule has 24 heavy (non-hydrogen) atoms. The van der Waals surface area contributed by atoms with Gasteiger partial charge in [0.15, 0.2) is 0 Å². The number of aromatic carboxylic acids is 1. The second-order valence-corrected chi connectivity index (χ2v) is 4.63. The van der Waals surface area contributed by atoms with Gasteiger partial charge in [-0.15, -0.1) is 0 Å². The number of carbonyl (C=O) groups is 2. The Morgan fingerprint density at radius 2 is 1.58 bits per heavy atom. The molecule has 2 N–H and O–H groups in total. The highest BCUT2D eigenvalue weighted by Crippen LogP contribution is 2.20. The van der Waals surface area contributed by atoms with E-state index in [1.165, 1.54) is 42.5 Å². The third kappa shape index (κ3) is 4.36. The van der Waals surface area contributed by atoms with Crippen molar-refractivity contribution in [2.75, 3.05) is 5.32 Å². The van der Waals surface area contributed by atoms with Gasteiger partial charge in [0.1, 0.15) is 0 Å². The minimum Gasteiger partial charge on any atom is -0.478 e. The standard InChI is InChI=1S/C17H10F3NO3/c18-17(19,20)16(24)21-14-4-2-1-3-12(14)8-5-11-6-9-13(10-7-11)15(22)23/h1-4,6-7,9-10H,(H,21,24)(H,22,23). The van der Waals surface area contributed by atoms with Crippen LogP contribution in [0.2, 0.25) is 0 Å². The molecule has 0 aliphatic carbocycles. The van der Waals surface area contributed by atoms with Crippen molar-refractivity contribution in [3.8, 4) is 11.8 Å². The average molecular weight is 333 g/mol. The monoisotopic (exact) mass is 333 g/mol. The van der Waals surface area contributed by atoms with Crippen LogP contribution in [0.5, 0.6) is 0 Å². The molecule has 0 aromatic heterocycles. The van der Waals surface area contributed by atoms with E-state index in [4.69, 9.17) is 5.11 Å². The van der Waals surface area contributed by atoms with Gasteiger partial charge in [-0.2, -0.15) is 13.2 Å². The lowest BCUT2D eigenvalue weighted by Crippen LogP contribution is -2.30. The Hall–Kier alpha value is -3.27. The highest BCUT2D eigenvalue weighted by atomic mass is 19.4. The van der Waals surface area contributed by atoms with Gasteiger partial charge in [0, 0.05) is 11.1 Å². The summed E-state index contributed by atoms with van der Waals surface area (Å²) >= 11 is 0. The number of hydrogen-bond donors (Lipinski definition) is 2. The zero-order valence-corrected chi connectivity index (χ0v) is 12.0. The van der Waals surface area contributed by atoms with Crippen molar-refractivity contribution < 1.29 is 27.9 Å². The maximum absolute atomic E-state index is 12.3. The van der Waals surface area contributed by atoms with Crippen LogP contribution < -0.4 is 5.32 Å². The molecule has 0 atom stereocenters. The first-order valence-electron chi connectivity index (χ1n) is 6.60. The number of hydrogen-bond acceptors (Lipinski definition) is 2. The summed E-state index contributed by atoms with van der Waals surface area (Å²) < 4.78 is 37.0. The van der Waals surface area contributed by atoms with Crippen molar-refractivity contribution in [3.63, 3.8) is 0 Å². The summed E-state index contributed by atoms with van der Waals surface area (Å²) in [5, 5.41) is 10.6. The van der Waals surface area contributed by atoms with Crippen molar-refractivity contribution in [3.05, 3.63) is 65.2 Å². The van der Waals surface area contributed by atoms with Crippen molar-refractivity contribution >= 4 is 17.6 Å². The Labute approximate surface area is 134 Å². The molecule has 0 fully saturated rings. The summed E-state index contributed by atoms with van der Waals surface area (Å²) in [5.74, 6) is 2.20. The van der Waals surface area contributed by atoms with E-state index < -0.39 is 18.1 Å². The molecule has 4 nitrogen and oxygen atoms in total. The van der Waals surface area contributed by atoms with E-state index in [9.17, 15) is 22.8 Å². The van der Waals surface area contributed by atoms with E-state index in [2.05, 4.69) is 11.8 Å². The molecule has 0 heterocycles. The smallest absolute Gasteiger partial charge is 0.471 e. The molecule has 2 aromatic carbocycles. The fraction of sp³-hybridized carbons (Fsp3) is 0.0588. The second kappa shape index (κ2) is 6.87. The van der Waals surface area contributed by atoms with Crippen LogP contribution in [0.15, 0.2) is 48.5 Å². The molecular formula is C17H10F3NO3. The van der Waals surface area contributed by atoms with Gasteiger partial charge in [-0.05, 0) is 36.4 Å². The number of halogens is 3. The molecule has 2 aromatic rings. The fourth-order valence-electron chi connectivity index (χ4n) is 1.73. The Morgan fingerprint density at radius 1 is 0.958 bits per heavy atom. The Morgan fingerprint density at radius 3 is 2.17 bits per heavy atom. The van der Waals surface area contributed by atoms with E-state index in [-0.39, 0.29) is 16.8 Å². The topological polar surface area (TPSA) is 66.4 Å². The quantitative estimate of drug-likeness (QED) is 0.829. The van der Waals surface area contributed by atoms with Crippen LogP contribution in [0.3, 0.4) is 0 Å². The lowest BCUT2D eigenvalue weighted by atomic mass is 10.1. The van der Waals surface area contributed by atoms with E-state index in [1.54, 1.807) is 11.4 Å². The first-order valence-corrected chi connectivity index (χ1v) is 6.60. The van der Waals surface area contributed by atoms with Gasteiger partial charge in [-0.25, -0.2) is 4.79 Å². The van der Waals surface area contributed by atoms with Crippen LogP contribution in [-0.2, 0) is 4.79 Å². The van der Waals surface area contributed by atoms with Gasteiger partial charge < -0.3 is 10.4 Å². The molecule has 0 unspecified atom stereocenters. The van der Waals surface area contributed by atoms with Crippen LogP contribution in [0.1, 0.15) is 21.5 Å². The number of carbonyl (C=O) groups excluding carboxylic acids is 1. The summed E-state index contributed by atoms with van der Waals surface area (Å²) in [6.45, 7) is 0. The molecule has 0 saturated heterocycles. The highest BCUT2D eigenvalue weighted by Gasteiger charge is 2.38. The van der Waals surface area contributed by atoms with E-state index in [1.807, 2.05) is 0 Å². The van der Waals surface area contributed by atoms with Crippen LogP contribution in [0, 0.1) is 11.8 Å². The molecule has 0 bridgehead atoms. The number of para-hydroxylation sites is 1. The van der Waals surface area contributed by atoms with E-state index >= 15 is 0 Å². The maximum Gasteiger partial charge on any atom is 0.471 e. The zero-order valence-electron chi connectivity index (χ0n) is 12.0. The van der Waals surface area contributed by atoms with Crippen LogP contribution in [0.25, 0.3) is 0 Å². The average Bonchev–Trinajstić information content (AvgIpc) is 2.53. The lowest BCUT2D eigenvalue weighted by molar-refractivity contribution is -0.167. The summed E-state index contributed by atoms with van der Waals surface area (Å²) in [7, 11) is 0. The third-order valence-corrected chi connectivity index (χ3v) is 2.91. The van der Waals surface area contributed by atoms with Crippen molar-refractivity contribution in [1.29, 1.82) is 0 Å². The van der Waals surface area contributed by atoms with Crippen molar-refractivity contribution in [2.24, 2.45) is 0 Å². The summed E-state index contributed by atoms with van der Waals surface area (Å²) in [6.07, 6.45) is -4.99. The number of alkyl halides is 3. The lowest BCUT2D eigenvalue weighted by Gasteiger charge is -2.09. The van der Waals surface area contributed by atoms with Gasteiger partial charge in [0.2, 0.25) is 0 Å². The summed E-state index contributed by atoms with van der Waals surface area (Å²) in [5.41, 5.74) is 0.724. The zero-order chi connectivity index (χ0) is 17.7. The number of anilines is 1. The van der Waals surface area contributed by atoms with E-state index in [0.29, 0.717) is 5.56 Å². The molecule has 0 aliphatic rings. The van der Waals surface area contributed by atoms with Crippen LogP contribution in [-0.4, -0.2) is 23.2 Å². The number of amides is 1. The predicted octanol–water partition coefficient (Wildman–Crippen LogP) is 3.29. The SMILES string of the molecule is O=C(O)c1ccc(C#Cc2ccccc2NC(=O)C(F)(F)F)cc1. The number of rotatable bonds is 2. The Balaban J connectivity index is 2.25. The minimum atomic E-state index is -4.99. The maximum atomic E-state index is 12.3. The second-order valence-electron chi connectivity index (χ2n) is 4.63. The summed E-state index contributed by atoms with van der Waals surface area (Å²) in [4.78, 5) is 21.8. The van der Waals surface area contributed by atoms with Crippen molar-refractivity contribution in [2.45, 2.75) is 6.18 Å². The van der Waals surface area contributed by atoms with Gasteiger partial charge >= 0.3 is 18.1 Å². The first kappa shape index (κ1) is 17.1. The molecule has 0 spiro atoms. The number of benzene rings is 2. The van der Waals surface area contributed by atoms with Gasteiger partial charge in [-0.1, -0.05) is 24.0 Å². The largest absolute Gasteiger partial charge is 0.478 e. The molecular weight excluding hydrogens is 323 g/mol. The van der Waals surface area contributed by atoms with Gasteiger partial charge in [0.25, 0.3) is 0 Å². The number of carboxylic acid groups (broad SMARTS) is 1. The van der Waals surface area contributed by atoms with Crippen LogP contribution in [0.4, 0.5) is 18.9 Å². The molecule has 1 amide bonds. The minimum absolute atomic E-state index is 0.0607. The molecule has 122 valence electrons. The Kier molecular flexibility index (Phi) is 4.90. The third-order valence-electron chi connectivity index (χ3n) is 2.91. The molecule has 0 saturated carbocycles. The fourth-order valence-corrected chi connectivity index (χ4v) is 1.73. The highest BCUT2D eigenvalue weighted by molar-refractivity contribution is 5.96. The predicted molar refractivity (Wildman–Crippen MR) is 80.5 cm³/mol. The van der Waals surface area contributed by atoms with E-state index in [0.717, 1.165) is 0 Å². The Bertz CT molecular complexity index is 831. The normalized spacial score (nSPS) is 10.5. The molecule has 2 rings (SSSR count). The summed E-state index contributed by atoms with van der Waals surface area (Å²) in [6, 6.07) is 11.5. The van der Waals surface area contributed by atoms with Gasteiger partial charge in [0.05, 0.1) is 11.3 Å². The molecule has 7 heteroatoms. The first-order chi connectivity index (χ1) is 11.3. The molecule has 0 radical (unpaired) electrons. The number of nitrogens with one attached hydrogen (secondary N) is 1. The van der Waals surface area contributed by atoms with Crippen molar-refractivity contribution in [1.82, 2.24) is 0 Å². The van der Waals surface area contributed by atoms with Crippen LogP contribution >= 0.6 is 0 Å². The molecule has 0 aliphatic heterocycles. The van der Waals surface area contributed by atoms with Gasteiger partial charge in [-0.3, -0.25) is 4.79 Å².